The first-order valence-electron chi connectivity index (χ1n) is 5.43. The summed E-state index contributed by atoms with van der Waals surface area (Å²) in [7, 11) is 0. The van der Waals surface area contributed by atoms with Gasteiger partial charge in [0.15, 0.2) is 0 Å². The lowest BCUT2D eigenvalue weighted by molar-refractivity contribution is -0.121. The standard InChI is InChI=1S/C12H13N3O2/c16-11-7-6-10(14-15-11)12(17)13-8-9-4-2-1-3-5-9/h1-5H,6-8H2,(H,13,17)(H,15,16). The third-order valence-corrected chi connectivity index (χ3v) is 2.46. The molecule has 1 aromatic carbocycles. The summed E-state index contributed by atoms with van der Waals surface area (Å²) in [6.07, 6.45) is 0.712. The fourth-order valence-corrected chi connectivity index (χ4v) is 1.52. The lowest BCUT2D eigenvalue weighted by Gasteiger charge is -2.11. The van der Waals surface area contributed by atoms with Crippen LogP contribution in [-0.2, 0) is 16.1 Å². The maximum atomic E-state index is 11.7. The predicted molar refractivity (Wildman–Crippen MR) is 63.1 cm³/mol. The van der Waals surface area contributed by atoms with Crippen LogP contribution >= 0.6 is 0 Å². The highest BCUT2D eigenvalue weighted by Crippen LogP contribution is 2.01. The average Bonchev–Trinajstić information content (AvgIpc) is 2.38. The van der Waals surface area contributed by atoms with Crippen molar-refractivity contribution in [3.8, 4) is 0 Å². The maximum Gasteiger partial charge on any atom is 0.267 e. The summed E-state index contributed by atoms with van der Waals surface area (Å²) < 4.78 is 0. The highest BCUT2D eigenvalue weighted by Gasteiger charge is 2.17. The second-order valence-corrected chi connectivity index (χ2v) is 3.76. The van der Waals surface area contributed by atoms with Gasteiger partial charge in [0.05, 0.1) is 0 Å². The molecule has 0 aromatic heterocycles. The van der Waals surface area contributed by atoms with Gasteiger partial charge in [0.1, 0.15) is 5.71 Å². The number of carbonyl (C=O) groups excluding carboxylic acids is 2. The van der Waals surface area contributed by atoms with Gasteiger partial charge in [-0.05, 0) is 5.56 Å². The van der Waals surface area contributed by atoms with Gasteiger partial charge in [-0.15, -0.1) is 0 Å². The Bertz CT molecular complexity index is 454. The fourth-order valence-electron chi connectivity index (χ4n) is 1.52. The second kappa shape index (κ2) is 5.25. The van der Waals surface area contributed by atoms with Crippen LogP contribution in [0.25, 0.3) is 0 Å². The van der Waals surface area contributed by atoms with Gasteiger partial charge in [0, 0.05) is 19.4 Å². The first kappa shape index (κ1) is 11.3. The van der Waals surface area contributed by atoms with E-state index in [1.165, 1.54) is 0 Å². The van der Waals surface area contributed by atoms with Crippen LogP contribution in [0.15, 0.2) is 35.4 Å². The summed E-state index contributed by atoms with van der Waals surface area (Å²) >= 11 is 0. The molecule has 0 bridgehead atoms. The second-order valence-electron chi connectivity index (χ2n) is 3.76. The van der Waals surface area contributed by atoms with Crippen molar-refractivity contribution in [1.82, 2.24) is 10.7 Å². The Kier molecular flexibility index (Phi) is 3.49. The van der Waals surface area contributed by atoms with Crippen molar-refractivity contribution < 1.29 is 9.59 Å². The quantitative estimate of drug-likeness (QED) is 0.798. The molecule has 1 aliphatic heterocycles. The zero-order chi connectivity index (χ0) is 12.1. The molecular weight excluding hydrogens is 218 g/mol. The largest absolute Gasteiger partial charge is 0.347 e. The van der Waals surface area contributed by atoms with E-state index < -0.39 is 0 Å². The summed E-state index contributed by atoms with van der Waals surface area (Å²) in [5.74, 6) is -0.376. The monoisotopic (exact) mass is 231 g/mol. The van der Waals surface area contributed by atoms with Crippen LogP contribution in [0.3, 0.4) is 0 Å². The van der Waals surface area contributed by atoms with Crippen molar-refractivity contribution in [1.29, 1.82) is 0 Å². The SMILES string of the molecule is O=C1CCC(C(=O)NCc2ccccc2)=NN1. The Hall–Kier alpha value is -2.17. The molecule has 0 saturated carbocycles. The van der Waals surface area contributed by atoms with E-state index in [2.05, 4.69) is 15.8 Å². The number of nitrogens with one attached hydrogen (secondary N) is 2. The number of hydrogen-bond acceptors (Lipinski definition) is 3. The Balaban J connectivity index is 1.88. The average molecular weight is 231 g/mol. The highest BCUT2D eigenvalue weighted by molar-refractivity contribution is 6.39. The van der Waals surface area contributed by atoms with Gasteiger partial charge < -0.3 is 5.32 Å². The molecule has 0 fully saturated rings. The molecule has 0 spiro atoms. The molecule has 2 amide bonds. The van der Waals surface area contributed by atoms with E-state index in [1.54, 1.807) is 0 Å². The van der Waals surface area contributed by atoms with Crippen LogP contribution in [0.5, 0.6) is 0 Å². The van der Waals surface area contributed by atoms with E-state index in [-0.39, 0.29) is 11.8 Å². The normalized spacial score (nSPS) is 14.8. The molecule has 1 aliphatic rings. The van der Waals surface area contributed by atoms with E-state index in [0.29, 0.717) is 25.1 Å². The van der Waals surface area contributed by atoms with Crippen molar-refractivity contribution in [3.63, 3.8) is 0 Å². The van der Waals surface area contributed by atoms with Crippen LogP contribution in [0.2, 0.25) is 0 Å². The van der Waals surface area contributed by atoms with Crippen LogP contribution in [0, 0.1) is 0 Å². The van der Waals surface area contributed by atoms with E-state index in [4.69, 9.17) is 0 Å². The lowest BCUT2D eigenvalue weighted by atomic mass is 10.1. The van der Waals surface area contributed by atoms with Crippen molar-refractivity contribution in [2.45, 2.75) is 19.4 Å². The van der Waals surface area contributed by atoms with E-state index in [0.717, 1.165) is 5.56 Å². The zero-order valence-electron chi connectivity index (χ0n) is 9.27. The lowest BCUT2D eigenvalue weighted by Crippen LogP contribution is -2.36. The van der Waals surface area contributed by atoms with E-state index in [1.807, 2.05) is 30.3 Å². The molecule has 1 aromatic rings. The van der Waals surface area contributed by atoms with Crippen molar-refractivity contribution in [2.75, 3.05) is 0 Å². The highest BCUT2D eigenvalue weighted by atomic mass is 16.2. The molecule has 0 aliphatic carbocycles. The molecule has 2 N–H and O–H groups in total. The number of amides is 2. The molecule has 0 unspecified atom stereocenters. The number of carbonyl (C=O) groups is 2. The fraction of sp³-hybridized carbons (Fsp3) is 0.250. The molecule has 0 radical (unpaired) electrons. The first-order chi connectivity index (χ1) is 8.25. The minimum atomic E-state index is -0.228. The summed E-state index contributed by atoms with van der Waals surface area (Å²) in [6, 6.07) is 9.63. The molecule has 2 rings (SSSR count). The molecule has 5 nitrogen and oxygen atoms in total. The number of benzene rings is 1. The number of hydrogen-bond donors (Lipinski definition) is 2. The third-order valence-electron chi connectivity index (χ3n) is 2.46. The van der Waals surface area contributed by atoms with Gasteiger partial charge in [-0.3, -0.25) is 9.59 Å². The summed E-state index contributed by atoms with van der Waals surface area (Å²) in [5.41, 5.74) is 3.70. The number of hydrazone groups is 1. The van der Waals surface area contributed by atoms with Gasteiger partial charge in [0.25, 0.3) is 5.91 Å². The zero-order valence-corrected chi connectivity index (χ0v) is 9.27. The van der Waals surface area contributed by atoms with Crippen molar-refractivity contribution >= 4 is 17.5 Å². The van der Waals surface area contributed by atoms with Crippen LogP contribution in [0.4, 0.5) is 0 Å². The van der Waals surface area contributed by atoms with E-state index >= 15 is 0 Å². The molecule has 0 saturated heterocycles. The third kappa shape index (κ3) is 3.14. The minimum absolute atomic E-state index is 0.149. The van der Waals surface area contributed by atoms with Crippen LogP contribution in [-0.4, -0.2) is 17.5 Å². The molecular formula is C12H13N3O2. The summed E-state index contributed by atoms with van der Waals surface area (Å²) in [4.78, 5) is 22.5. The van der Waals surface area contributed by atoms with Gasteiger partial charge in [-0.1, -0.05) is 30.3 Å². The topological polar surface area (TPSA) is 70.6 Å². The summed E-state index contributed by atoms with van der Waals surface area (Å²) in [6.45, 7) is 0.465. The molecule has 5 heteroatoms. The van der Waals surface area contributed by atoms with E-state index in [9.17, 15) is 9.59 Å². The Morgan fingerprint density at radius 3 is 2.71 bits per heavy atom. The van der Waals surface area contributed by atoms with Crippen molar-refractivity contribution in [3.05, 3.63) is 35.9 Å². The number of rotatable bonds is 3. The Morgan fingerprint density at radius 1 is 1.29 bits per heavy atom. The van der Waals surface area contributed by atoms with Gasteiger partial charge in [0.2, 0.25) is 5.91 Å². The predicted octanol–water partition coefficient (Wildman–Crippen LogP) is 0.569. The van der Waals surface area contributed by atoms with Gasteiger partial charge >= 0.3 is 0 Å². The molecule has 0 atom stereocenters. The number of nitrogens with zero attached hydrogens (tertiary/aromatic N) is 1. The minimum Gasteiger partial charge on any atom is -0.347 e. The smallest absolute Gasteiger partial charge is 0.267 e. The van der Waals surface area contributed by atoms with Gasteiger partial charge in [-0.25, -0.2) is 5.43 Å². The van der Waals surface area contributed by atoms with Crippen LogP contribution in [0.1, 0.15) is 18.4 Å². The first-order valence-corrected chi connectivity index (χ1v) is 5.43. The molecule has 88 valence electrons. The van der Waals surface area contributed by atoms with Gasteiger partial charge in [-0.2, -0.15) is 5.10 Å². The van der Waals surface area contributed by atoms with Crippen LogP contribution < -0.4 is 10.7 Å². The van der Waals surface area contributed by atoms with Crippen molar-refractivity contribution in [2.24, 2.45) is 5.10 Å². The summed E-state index contributed by atoms with van der Waals surface area (Å²) in [5, 5.41) is 6.49. The molecule has 17 heavy (non-hydrogen) atoms. The Morgan fingerprint density at radius 2 is 2.06 bits per heavy atom. The maximum absolute atomic E-state index is 11.7. The Labute approximate surface area is 98.9 Å². The molecule has 1 heterocycles.